The van der Waals surface area contributed by atoms with Gasteiger partial charge in [0.05, 0.1) is 19.3 Å². The molecular weight excluding hydrogens is 538 g/mol. The molecule has 0 aromatic carbocycles. The Morgan fingerprint density at radius 2 is 1.72 bits per heavy atom. The second-order valence-corrected chi connectivity index (χ2v) is 11.2. The Morgan fingerprint density at radius 3 is 2.36 bits per heavy atom. The molecule has 0 spiro atoms. The van der Waals surface area contributed by atoms with Crippen molar-refractivity contribution < 1.29 is 77.2 Å². The van der Waals surface area contributed by atoms with Crippen LogP contribution in [0.3, 0.4) is 0 Å². The highest BCUT2D eigenvalue weighted by atomic mass is 31.3. The van der Waals surface area contributed by atoms with Gasteiger partial charge in [-0.15, -0.1) is 0 Å². The number of nitrogens with one attached hydrogen (secondary N) is 1. The molecule has 3 aliphatic heterocycles. The van der Waals surface area contributed by atoms with Gasteiger partial charge in [0.1, 0.15) is 36.7 Å². The molecule has 9 N–H and O–H groups in total. The van der Waals surface area contributed by atoms with E-state index in [1.165, 1.54) is 18.0 Å². The standard InChI is InChI=1S/C16H28N2O16P2/c1-6-3-18(16(25)17-14(6)24)10-2-7(20)9(31-10)5-30-35(26,27)34-36(28,29)33-15-13(23)12(22)11(21)8(4-19)32-15/h3,7-13,15-16,19-23,25H,2,4-5H2,1H3,(H,17,24)(H,26,27)(H,28,29). The third-order valence-corrected chi connectivity index (χ3v) is 8.07. The highest BCUT2D eigenvalue weighted by molar-refractivity contribution is 7.61. The molecule has 0 aliphatic carbocycles. The van der Waals surface area contributed by atoms with E-state index in [1.807, 2.05) is 0 Å². The molecule has 0 radical (unpaired) electrons. The van der Waals surface area contributed by atoms with E-state index in [2.05, 4.69) is 18.7 Å². The van der Waals surface area contributed by atoms with Crippen molar-refractivity contribution in [2.75, 3.05) is 13.2 Å². The van der Waals surface area contributed by atoms with Gasteiger partial charge in [0.25, 0.3) is 5.91 Å². The maximum Gasteiger partial charge on any atom is 0.483 e. The van der Waals surface area contributed by atoms with Gasteiger partial charge in [-0.05, 0) is 6.92 Å². The first-order valence-corrected chi connectivity index (χ1v) is 13.4. The van der Waals surface area contributed by atoms with Crippen LogP contribution in [0.4, 0.5) is 0 Å². The van der Waals surface area contributed by atoms with Crippen molar-refractivity contribution in [1.29, 1.82) is 0 Å². The van der Waals surface area contributed by atoms with E-state index in [9.17, 15) is 49.2 Å². The summed E-state index contributed by atoms with van der Waals surface area (Å²) in [6.07, 6.45) is -13.3. The predicted molar refractivity (Wildman–Crippen MR) is 111 cm³/mol. The zero-order valence-electron chi connectivity index (χ0n) is 18.6. The van der Waals surface area contributed by atoms with Gasteiger partial charge >= 0.3 is 15.6 Å². The average Bonchev–Trinajstić information content (AvgIpc) is 3.14. The normalized spacial score (nSPS) is 40.8. The minimum Gasteiger partial charge on any atom is -0.394 e. The monoisotopic (exact) mass is 566 g/mol. The van der Waals surface area contributed by atoms with Gasteiger partial charge in [-0.25, -0.2) is 9.13 Å². The Balaban J connectivity index is 1.56. The largest absolute Gasteiger partial charge is 0.483 e. The lowest BCUT2D eigenvalue weighted by Crippen LogP contribution is -2.58. The van der Waals surface area contributed by atoms with Crippen molar-refractivity contribution in [3.8, 4) is 0 Å². The number of aliphatic hydroxyl groups excluding tert-OH is 6. The Morgan fingerprint density at radius 1 is 1.06 bits per heavy atom. The van der Waals surface area contributed by atoms with E-state index in [1.54, 1.807) is 0 Å². The molecular formula is C16H28N2O16P2. The second-order valence-electron chi connectivity index (χ2n) is 8.16. The Hall–Kier alpha value is -1.05. The molecule has 0 saturated carbocycles. The summed E-state index contributed by atoms with van der Waals surface area (Å²) in [4.78, 5) is 32.4. The molecule has 18 nitrogen and oxygen atoms in total. The number of aliphatic hydroxyl groups is 6. The Kier molecular flexibility index (Phi) is 9.31. The number of carbonyl (C=O) groups excluding carboxylic acids is 1. The molecule has 11 unspecified atom stereocenters. The summed E-state index contributed by atoms with van der Waals surface area (Å²) in [5.41, 5.74) is 0.240. The molecule has 3 rings (SSSR count). The fourth-order valence-electron chi connectivity index (χ4n) is 3.57. The molecule has 208 valence electrons. The molecule has 20 heteroatoms. The Bertz CT molecular complexity index is 934. The molecule has 11 atom stereocenters. The minimum atomic E-state index is -5.52. The number of phosphoric acid groups is 2. The number of nitrogens with zero attached hydrogens (tertiary/aromatic N) is 1. The maximum atomic E-state index is 12.2. The summed E-state index contributed by atoms with van der Waals surface area (Å²) in [7, 11) is -10.9. The van der Waals surface area contributed by atoms with Crippen LogP contribution in [-0.2, 0) is 36.8 Å². The average molecular weight is 566 g/mol. The van der Waals surface area contributed by atoms with E-state index < -0.39 is 90.3 Å². The van der Waals surface area contributed by atoms with Crippen LogP contribution >= 0.6 is 15.6 Å². The van der Waals surface area contributed by atoms with Crippen LogP contribution in [0.15, 0.2) is 11.8 Å². The van der Waals surface area contributed by atoms with Crippen molar-refractivity contribution in [3.05, 3.63) is 11.8 Å². The lowest BCUT2D eigenvalue weighted by Gasteiger charge is -2.39. The number of hydrogen-bond donors (Lipinski definition) is 9. The smallest absolute Gasteiger partial charge is 0.394 e. The van der Waals surface area contributed by atoms with Crippen molar-refractivity contribution in [2.45, 2.75) is 68.8 Å². The van der Waals surface area contributed by atoms with E-state index in [0.29, 0.717) is 0 Å². The molecule has 3 heterocycles. The molecule has 1 amide bonds. The molecule has 0 bridgehead atoms. The van der Waals surface area contributed by atoms with Crippen molar-refractivity contribution in [2.24, 2.45) is 0 Å². The van der Waals surface area contributed by atoms with Crippen LogP contribution in [0, 0.1) is 0 Å². The second kappa shape index (κ2) is 11.4. The van der Waals surface area contributed by atoms with Gasteiger partial charge < -0.3 is 60.1 Å². The fourth-order valence-corrected chi connectivity index (χ4v) is 5.73. The number of phosphoric ester groups is 2. The lowest BCUT2D eigenvalue weighted by molar-refractivity contribution is -0.280. The molecule has 36 heavy (non-hydrogen) atoms. The van der Waals surface area contributed by atoms with Gasteiger partial charge in [-0.1, -0.05) is 0 Å². The Labute approximate surface area is 203 Å². The van der Waals surface area contributed by atoms with Crippen LogP contribution in [0.2, 0.25) is 0 Å². The fraction of sp³-hybridized carbons (Fsp3) is 0.812. The summed E-state index contributed by atoms with van der Waals surface area (Å²) >= 11 is 0. The van der Waals surface area contributed by atoms with Crippen molar-refractivity contribution >= 4 is 21.6 Å². The summed E-state index contributed by atoms with van der Waals surface area (Å²) in [5, 5.41) is 60.8. The van der Waals surface area contributed by atoms with E-state index in [4.69, 9.17) is 14.6 Å². The van der Waals surface area contributed by atoms with E-state index in [0.717, 1.165) is 0 Å². The van der Waals surface area contributed by atoms with Crippen LogP contribution in [-0.4, -0.2) is 120 Å². The third kappa shape index (κ3) is 6.87. The minimum absolute atomic E-state index is 0.111. The predicted octanol–water partition coefficient (Wildman–Crippen LogP) is -3.88. The van der Waals surface area contributed by atoms with Gasteiger partial charge in [0.15, 0.2) is 6.29 Å². The highest BCUT2D eigenvalue weighted by Gasteiger charge is 2.49. The number of amides is 1. The van der Waals surface area contributed by atoms with E-state index >= 15 is 0 Å². The molecule has 2 fully saturated rings. The molecule has 2 saturated heterocycles. The third-order valence-electron chi connectivity index (χ3n) is 5.47. The van der Waals surface area contributed by atoms with Crippen LogP contribution in [0.5, 0.6) is 0 Å². The summed E-state index contributed by atoms with van der Waals surface area (Å²) in [5.74, 6) is -0.519. The summed E-state index contributed by atoms with van der Waals surface area (Å²) in [6.45, 7) is -0.229. The first-order chi connectivity index (χ1) is 16.6. The van der Waals surface area contributed by atoms with Crippen LogP contribution in [0.1, 0.15) is 13.3 Å². The SMILES string of the molecule is CC1=CN(C2CC(O)C(COP(=O)(O)OP(=O)(O)OC3OC(CO)C(O)C(O)C3O)O2)C(O)NC1=O. The molecule has 0 aromatic heterocycles. The van der Waals surface area contributed by atoms with Crippen LogP contribution < -0.4 is 5.32 Å². The zero-order chi connectivity index (χ0) is 27.0. The first kappa shape index (κ1) is 29.5. The molecule has 3 aliphatic rings. The maximum absolute atomic E-state index is 12.2. The topological polar surface area (TPSA) is 274 Å². The number of carbonyl (C=O) groups is 1. The van der Waals surface area contributed by atoms with Crippen molar-refractivity contribution in [3.63, 3.8) is 0 Å². The van der Waals surface area contributed by atoms with Gasteiger partial charge in [0.2, 0.25) is 6.35 Å². The summed E-state index contributed by atoms with van der Waals surface area (Å²) < 4.78 is 47.9. The zero-order valence-corrected chi connectivity index (χ0v) is 20.4. The van der Waals surface area contributed by atoms with Gasteiger partial charge in [-0.2, -0.15) is 4.31 Å². The number of hydrogen-bond acceptors (Lipinski definition) is 15. The van der Waals surface area contributed by atoms with Gasteiger partial charge in [-0.3, -0.25) is 13.8 Å². The number of rotatable bonds is 9. The quantitative estimate of drug-likeness (QED) is 0.121. The van der Waals surface area contributed by atoms with Crippen LogP contribution in [0.25, 0.3) is 0 Å². The molecule has 0 aromatic rings. The highest BCUT2D eigenvalue weighted by Crippen LogP contribution is 2.61. The van der Waals surface area contributed by atoms with Gasteiger partial charge in [0, 0.05) is 18.2 Å². The first-order valence-electron chi connectivity index (χ1n) is 10.4. The van der Waals surface area contributed by atoms with Crippen molar-refractivity contribution in [1.82, 2.24) is 10.2 Å². The lowest BCUT2D eigenvalue weighted by atomic mass is 10.00. The van der Waals surface area contributed by atoms with E-state index in [-0.39, 0.29) is 12.0 Å². The number of ether oxygens (including phenoxy) is 2. The summed E-state index contributed by atoms with van der Waals surface area (Å²) in [6, 6.07) is 0.